The predicted molar refractivity (Wildman–Crippen MR) is 51.9 cm³/mol. The Bertz CT molecular complexity index is 563. The molecule has 1 aromatic rings. The van der Waals surface area contributed by atoms with Gasteiger partial charge in [0, 0.05) is 12.7 Å². The molecule has 0 aromatic heterocycles. The SMILES string of the molecule is CNc1cc(S(=O)(=O)[O-])cc(S(=O)(=O)[O-])c1.[Na+].[Na+]. The fraction of sp³-hybridized carbons (Fsp3) is 0.143. The Morgan fingerprint density at radius 3 is 1.44 bits per heavy atom. The van der Waals surface area contributed by atoms with Crippen LogP contribution in [0, 0.1) is 0 Å². The fourth-order valence-electron chi connectivity index (χ4n) is 1.00. The molecular weight excluding hydrogens is 304 g/mol. The van der Waals surface area contributed by atoms with Crippen LogP contribution in [0.1, 0.15) is 0 Å². The Morgan fingerprint density at radius 1 is 0.889 bits per heavy atom. The largest absolute Gasteiger partial charge is 1.00 e. The number of nitrogens with one attached hydrogen (secondary N) is 1. The molecule has 7 nitrogen and oxygen atoms in total. The van der Waals surface area contributed by atoms with Gasteiger partial charge in [0.2, 0.25) is 0 Å². The molecule has 90 valence electrons. The molecule has 0 amide bonds. The number of anilines is 1. The van der Waals surface area contributed by atoms with E-state index in [1.165, 1.54) is 7.05 Å². The minimum atomic E-state index is -4.81. The minimum absolute atomic E-state index is 0. The van der Waals surface area contributed by atoms with Gasteiger partial charge in [-0.15, -0.1) is 0 Å². The number of benzene rings is 1. The van der Waals surface area contributed by atoms with E-state index in [0.29, 0.717) is 6.07 Å². The minimum Gasteiger partial charge on any atom is -0.744 e. The van der Waals surface area contributed by atoms with Crippen LogP contribution < -0.4 is 64.4 Å². The summed E-state index contributed by atoms with van der Waals surface area (Å²) < 4.78 is 64.2. The number of hydrogen-bond acceptors (Lipinski definition) is 7. The zero-order valence-electron chi connectivity index (χ0n) is 10.00. The summed E-state index contributed by atoms with van der Waals surface area (Å²) in [6, 6.07) is 2.42. The molecule has 1 aromatic carbocycles. The predicted octanol–water partition coefficient (Wildman–Crippen LogP) is -6.46. The Morgan fingerprint density at radius 2 is 1.22 bits per heavy atom. The molecule has 1 rings (SSSR count). The first kappa shape index (κ1) is 21.1. The summed E-state index contributed by atoms with van der Waals surface area (Å²) in [5, 5.41) is 2.45. The maximum atomic E-state index is 10.7. The molecule has 0 aliphatic heterocycles. The van der Waals surface area contributed by atoms with Gasteiger partial charge >= 0.3 is 59.1 Å². The van der Waals surface area contributed by atoms with Gasteiger partial charge in [-0.2, -0.15) is 0 Å². The smallest absolute Gasteiger partial charge is 0.744 e. The molecule has 0 saturated carbocycles. The van der Waals surface area contributed by atoms with Gasteiger partial charge in [0.05, 0.1) is 9.79 Å². The van der Waals surface area contributed by atoms with E-state index < -0.39 is 30.0 Å². The summed E-state index contributed by atoms with van der Waals surface area (Å²) >= 11 is 0. The average Bonchev–Trinajstić information content (AvgIpc) is 2.14. The summed E-state index contributed by atoms with van der Waals surface area (Å²) in [5.74, 6) is 0. The van der Waals surface area contributed by atoms with Crippen LogP contribution in [0.4, 0.5) is 5.69 Å². The van der Waals surface area contributed by atoms with Gasteiger partial charge < -0.3 is 14.4 Å². The van der Waals surface area contributed by atoms with Gasteiger partial charge in [0.15, 0.2) is 0 Å². The number of hydrogen-bond donors (Lipinski definition) is 1. The summed E-state index contributed by atoms with van der Waals surface area (Å²) in [6.07, 6.45) is 0. The van der Waals surface area contributed by atoms with Gasteiger partial charge in [-0.1, -0.05) is 0 Å². The van der Waals surface area contributed by atoms with Gasteiger partial charge in [0.1, 0.15) is 20.2 Å². The van der Waals surface area contributed by atoms with Crippen molar-refractivity contribution in [3.63, 3.8) is 0 Å². The molecule has 18 heavy (non-hydrogen) atoms. The molecule has 0 bridgehead atoms. The molecule has 0 radical (unpaired) electrons. The Balaban J connectivity index is 0. The second-order valence-corrected chi connectivity index (χ2v) is 5.61. The van der Waals surface area contributed by atoms with E-state index in [2.05, 4.69) is 5.32 Å². The Hall–Kier alpha value is 0.840. The van der Waals surface area contributed by atoms with Crippen LogP contribution in [0.3, 0.4) is 0 Å². The second-order valence-electron chi connectivity index (χ2n) is 2.85. The molecule has 0 heterocycles. The first-order valence-corrected chi connectivity index (χ1v) is 6.71. The normalized spacial score (nSPS) is 11.1. The molecule has 11 heteroatoms. The first-order valence-electron chi connectivity index (χ1n) is 3.89. The quantitative estimate of drug-likeness (QED) is 0.434. The molecule has 0 atom stereocenters. The van der Waals surface area contributed by atoms with E-state index in [0.717, 1.165) is 12.1 Å². The van der Waals surface area contributed by atoms with Crippen molar-refractivity contribution >= 4 is 25.9 Å². The average molecular weight is 311 g/mol. The third-order valence-corrected chi connectivity index (χ3v) is 3.37. The monoisotopic (exact) mass is 311 g/mol. The Labute approximate surface area is 149 Å². The summed E-state index contributed by atoms with van der Waals surface area (Å²) in [7, 11) is -8.24. The molecule has 0 spiro atoms. The standard InChI is InChI=1S/C7H9NO6S2.2Na/c1-8-5-2-6(15(9,10)11)4-7(3-5)16(12,13)14;;/h2-4,8H,1H3,(H,9,10,11)(H,12,13,14);;/q;2*+1/p-2. The molecule has 1 N–H and O–H groups in total. The van der Waals surface area contributed by atoms with Gasteiger partial charge in [-0.3, -0.25) is 0 Å². The summed E-state index contributed by atoms with van der Waals surface area (Å²) in [6.45, 7) is 0. The van der Waals surface area contributed by atoms with Crippen LogP contribution in [0.2, 0.25) is 0 Å². The van der Waals surface area contributed by atoms with Crippen LogP contribution in [0.5, 0.6) is 0 Å². The fourth-order valence-corrected chi connectivity index (χ4v) is 2.16. The van der Waals surface area contributed by atoms with Crippen molar-refractivity contribution in [1.82, 2.24) is 0 Å². The van der Waals surface area contributed by atoms with E-state index in [1.54, 1.807) is 0 Å². The molecule has 0 unspecified atom stereocenters. The molecular formula is C7H7NNa2O6S2. The third-order valence-electron chi connectivity index (χ3n) is 1.75. The van der Waals surface area contributed by atoms with E-state index in [1.807, 2.05) is 0 Å². The van der Waals surface area contributed by atoms with E-state index in [4.69, 9.17) is 0 Å². The third kappa shape index (κ3) is 5.87. The van der Waals surface area contributed by atoms with Crippen molar-refractivity contribution in [1.29, 1.82) is 0 Å². The zero-order chi connectivity index (χ0) is 12.6. The van der Waals surface area contributed by atoms with E-state index >= 15 is 0 Å². The molecule has 0 saturated heterocycles. The summed E-state index contributed by atoms with van der Waals surface area (Å²) in [4.78, 5) is -1.54. The van der Waals surface area contributed by atoms with Gasteiger partial charge in [-0.05, 0) is 18.2 Å². The van der Waals surface area contributed by atoms with E-state index in [-0.39, 0.29) is 64.8 Å². The second kappa shape index (κ2) is 7.58. The molecule has 0 aliphatic rings. The van der Waals surface area contributed by atoms with E-state index in [9.17, 15) is 25.9 Å². The van der Waals surface area contributed by atoms with Gasteiger partial charge in [0.25, 0.3) is 0 Å². The van der Waals surface area contributed by atoms with Crippen molar-refractivity contribution in [3.05, 3.63) is 18.2 Å². The van der Waals surface area contributed by atoms with Crippen molar-refractivity contribution in [2.75, 3.05) is 12.4 Å². The van der Waals surface area contributed by atoms with Crippen LogP contribution >= 0.6 is 0 Å². The van der Waals surface area contributed by atoms with Crippen molar-refractivity contribution in [2.45, 2.75) is 9.79 Å². The summed E-state index contributed by atoms with van der Waals surface area (Å²) in [5.41, 5.74) is 0.0475. The van der Waals surface area contributed by atoms with Crippen LogP contribution in [0.15, 0.2) is 28.0 Å². The van der Waals surface area contributed by atoms with Gasteiger partial charge in [-0.25, -0.2) is 16.8 Å². The van der Waals surface area contributed by atoms with Crippen LogP contribution in [0.25, 0.3) is 0 Å². The van der Waals surface area contributed by atoms with Crippen molar-refractivity contribution in [3.8, 4) is 0 Å². The van der Waals surface area contributed by atoms with Crippen molar-refractivity contribution in [2.24, 2.45) is 0 Å². The van der Waals surface area contributed by atoms with Crippen molar-refractivity contribution < 1.29 is 85.1 Å². The maximum absolute atomic E-state index is 10.7. The molecule has 0 aliphatic carbocycles. The topological polar surface area (TPSA) is 126 Å². The number of rotatable bonds is 3. The molecule has 0 fully saturated rings. The van der Waals surface area contributed by atoms with Crippen LogP contribution in [-0.2, 0) is 20.2 Å². The first-order chi connectivity index (χ1) is 7.14. The Kier molecular flexibility index (Phi) is 8.90. The van der Waals surface area contributed by atoms with Crippen LogP contribution in [-0.4, -0.2) is 33.0 Å². The maximum Gasteiger partial charge on any atom is 1.00 e. The zero-order valence-corrected chi connectivity index (χ0v) is 15.6.